The summed E-state index contributed by atoms with van der Waals surface area (Å²) in [6.07, 6.45) is 2.01. The molecule has 0 heterocycles. The minimum Gasteiger partial charge on any atom is -0.481 e. The van der Waals surface area contributed by atoms with Gasteiger partial charge in [0.15, 0.2) is 0 Å². The maximum absolute atomic E-state index is 12.7. The molecule has 6 nitrogen and oxygen atoms in total. The first-order chi connectivity index (χ1) is 12.6. The molecule has 0 radical (unpaired) electrons. The fraction of sp³-hybridized carbons (Fsp3) is 0.550. The lowest BCUT2D eigenvalue weighted by atomic mass is 10.0. The third kappa shape index (κ3) is 6.26. The Balaban J connectivity index is 2.05. The highest BCUT2D eigenvalue weighted by Gasteiger charge is 2.38. The molecule has 148 valence electrons. The van der Waals surface area contributed by atoms with E-state index in [1.54, 1.807) is 39.8 Å². The quantitative estimate of drug-likeness (QED) is 0.594. The number of ether oxygens (including phenoxy) is 2. The Bertz CT molecular complexity index is 813. The predicted octanol–water partition coefficient (Wildman–Crippen LogP) is 2.88. The summed E-state index contributed by atoms with van der Waals surface area (Å²) < 4.78 is 38.9. The van der Waals surface area contributed by atoms with Crippen molar-refractivity contribution in [2.75, 3.05) is 6.61 Å². The van der Waals surface area contributed by atoms with E-state index < -0.39 is 27.6 Å². The second kappa shape index (κ2) is 8.77. The maximum atomic E-state index is 12.7. The highest BCUT2D eigenvalue weighted by Crippen LogP contribution is 2.30. The van der Waals surface area contributed by atoms with Gasteiger partial charge < -0.3 is 9.47 Å². The average molecular weight is 394 g/mol. The normalized spacial score (nSPS) is 19.9. The molecule has 0 saturated heterocycles. The summed E-state index contributed by atoms with van der Waals surface area (Å²) in [4.78, 5) is 12.5. The lowest BCUT2D eigenvalue weighted by Crippen LogP contribution is -2.42. The van der Waals surface area contributed by atoms with Gasteiger partial charge >= 0.3 is 5.97 Å². The molecular weight excluding hydrogens is 366 g/mol. The van der Waals surface area contributed by atoms with Crippen LogP contribution in [0.2, 0.25) is 0 Å². The number of hydrogen-bond donors (Lipinski definition) is 1. The molecule has 1 aromatic rings. The minimum absolute atomic E-state index is 0.131. The molecule has 2 atom stereocenters. The summed E-state index contributed by atoms with van der Waals surface area (Å²) >= 11 is 0. The molecule has 0 spiro atoms. The second-order valence-corrected chi connectivity index (χ2v) is 9.20. The van der Waals surface area contributed by atoms with E-state index in [0.29, 0.717) is 18.6 Å². The van der Waals surface area contributed by atoms with E-state index in [9.17, 15) is 13.2 Å². The van der Waals surface area contributed by atoms with Crippen LogP contribution in [0.4, 0.5) is 0 Å². The number of carbonyl (C=O) groups is 1. The predicted molar refractivity (Wildman–Crippen MR) is 103 cm³/mol. The molecule has 0 amide bonds. The molecule has 1 aliphatic carbocycles. The lowest BCUT2D eigenvalue weighted by molar-refractivity contribution is -0.160. The van der Waals surface area contributed by atoms with Gasteiger partial charge in [-0.15, -0.1) is 5.92 Å². The van der Waals surface area contributed by atoms with Crippen molar-refractivity contribution < 1.29 is 22.7 Å². The molecule has 0 unspecified atom stereocenters. The van der Waals surface area contributed by atoms with Crippen molar-refractivity contribution in [3.05, 3.63) is 24.3 Å². The first-order valence-electron chi connectivity index (χ1n) is 9.00. The van der Waals surface area contributed by atoms with E-state index in [1.165, 1.54) is 12.1 Å². The first-order valence-corrected chi connectivity index (χ1v) is 10.5. The number of carbonyl (C=O) groups excluding carboxylic acids is 1. The topological polar surface area (TPSA) is 81.7 Å². The smallest absolute Gasteiger partial charge is 0.311 e. The standard InChI is InChI=1S/C20H27NO5S/c1-5-6-14-25-15-10-12-16(13-11-15)27(23,24)21-18-9-7-8-17(18)19(22)26-20(2,3)4/h10-13,17-18,21H,7-9,14H2,1-4H3/t17-,18+/m1/s1. The monoisotopic (exact) mass is 393 g/mol. The number of hydrogen-bond acceptors (Lipinski definition) is 5. The summed E-state index contributed by atoms with van der Waals surface area (Å²) in [5.41, 5.74) is -0.596. The summed E-state index contributed by atoms with van der Waals surface area (Å²) in [6.45, 7) is 7.37. The molecule has 1 N–H and O–H groups in total. The zero-order valence-electron chi connectivity index (χ0n) is 16.2. The molecule has 2 rings (SSSR count). The van der Waals surface area contributed by atoms with Gasteiger partial charge in [0, 0.05) is 6.04 Å². The maximum Gasteiger partial charge on any atom is 0.311 e. The molecule has 1 aliphatic rings. The van der Waals surface area contributed by atoms with Crippen LogP contribution in [-0.4, -0.2) is 32.6 Å². The van der Waals surface area contributed by atoms with Gasteiger partial charge in [-0.1, -0.05) is 12.3 Å². The molecule has 1 aromatic carbocycles. The molecule has 7 heteroatoms. The van der Waals surface area contributed by atoms with E-state index >= 15 is 0 Å². The number of sulfonamides is 1. The molecular formula is C20H27NO5S. The zero-order chi connectivity index (χ0) is 20.1. The van der Waals surface area contributed by atoms with Crippen molar-refractivity contribution in [1.82, 2.24) is 4.72 Å². The van der Waals surface area contributed by atoms with Crippen LogP contribution < -0.4 is 9.46 Å². The SMILES string of the molecule is CC#CCOc1ccc(S(=O)(=O)N[C@H]2CCC[C@H]2C(=O)OC(C)(C)C)cc1. The Hall–Kier alpha value is -2.04. The highest BCUT2D eigenvalue weighted by molar-refractivity contribution is 7.89. The Morgan fingerprint density at radius 2 is 1.89 bits per heavy atom. The van der Waals surface area contributed by atoms with Crippen LogP contribution in [0.1, 0.15) is 47.0 Å². The molecule has 27 heavy (non-hydrogen) atoms. The Kier molecular flexibility index (Phi) is 6.90. The number of nitrogens with one attached hydrogen (secondary N) is 1. The van der Waals surface area contributed by atoms with Crippen molar-refractivity contribution >= 4 is 16.0 Å². The number of rotatable bonds is 6. The van der Waals surface area contributed by atoms with Gasteiger partial charge in [0.05, 0.1) is 10.8 Å². The van der Waals surface area contributed by atoms with Gasteiger partial charge in [0.25, 0.3) is 0 Å². The van der Waals surface area contributed by atoms with Gasteiger partial charge in [-0.05, 0) is 64.8 Å². The van der Waals surface area contributed by atoms with Crippen molar-refractivity contribution in [2.45, 2.75) is 63.5 Å². The Morgan fingerprint density at radius 1 is 1.22 bits per heavy atom. The minimum atomic E-state index is -3.74. The Labute approximate surface area is 161 Å². The molecule has 0 aliphatic heterocycles. The Morgan fingerprint density at radius 3 is 2.48 bits per heavy atom. The summed E-state index contributed by atoms with van der Waals surface area (Å²) in [6, 6.07) is 5.68. The van der Waals surface area contributed by atoms with Crippen molar-refractivity contribution in [3.8, 4) is 17.6 Å². The van der Waals surface area contributed by atoms with Gasteiger partial charge in [0.1, 0.15) is 18.0 Å². The lowest BCUT2D eigenvalue weighted by Gasteiger charge is -2.25. The summed E-state index contributed by atoms with van der Waals surface area (Å²) in [5.74, 6) is 5.23. The van der Waals surface area contributed by atoms with Crippen LogP contribution in [0.3, 0.4) is 0 Å². The van der Waals surface area contributed by atoms with E-state index in [1.807, 2.05) is 0 Å². The zero-order valence-corrected chi connectivity index (χ0v) is 17.1. The molecule has 0 bridgehead atoms. The van der Waals surface area contributed by atoms with E-state index in [2.05, 4.69) is 16.6 Å². The van der Waals surface area contributed by atoms with Gasteiger partial charge in [-0.3, -0.25) is 4.79 Å². The van der Waals surface area contributed by atoms with Crippen molar-refractivity contribution in [3.63, 3.8) is 0 Å². The summed E-state index contributed by atoms with van der Waals surface area (Å²) in [7, 11) is -3.74. The molecule has 0 aromatic heterocycles. The van der Waals surface area contributed by atoms with Gasteiger partial charge in [-0.2, -0.15) is 0 Å². The van der Waals surface area contributed by atoms with E-state index in [-0.39, 0.29) is 17.5 Å². The van der Waals surface area contributed by atoms with Crippen LogP contribution in [0.5, 0.6) is 5.75 Å². The summed E-state index contributed by atoms with van der Waals surface area (Å²) in [5, 5.41) is 0. The first kappa shape index (κ1) is 21.3. The van der Waals surface area contributed by atoms with Crippen LogP contribution in [0, 0.1) is 17.8 Å². The largest absolute Gasteiger partial charge is 0.481 e. The van der Waals surface area contributed by atoms with Crippen LogP contribution in [-0.2, 0) is 19.6 Å². The van der Waals surface area contributed by atoms with Crippen LogP contribution in [0.25, 0.3) is 0 Å². The van der Waals surface area contributed by atoms with E-state index in [0.717, 1.165) is 6.42 Å². The third-order valence-corrected chi connectivity index (χ3v) is 5.66. The van der Waals surface area contributed by atoms with Gasteiger partial charge in [-0.25, -0.2) is 13.1 Å². The molecule has 1 fully saturated rings. The fourth-order valence-electron chi connectivity index (χ4n) is 2.93. The third-order valence-electron chi connectivity index (χ3n) is 4.15. The van der Waals surface area contributed by atoms with Crippen LogP contribution in [0.15, 0.2) is 29.2 Å². The number of esters is 1. The number of benzene rings is 1. The molecule has 1 saturated carbocycles. The fourth-order valence-corrected chi connectivity index (χ4v) is 4.25. The van der Waals surface area contributed by atoms with Crippen LogP contribution >= 0.6 is 0 Å². The van der Waals surface area contributed by atoms with Crippen molar-refractivity contribution in [1.29, 1.82) is 0 Å². The average Bonchev–Trinajstić information content (AvgIpc) is 3.01. The second-order valence-electron chi connectivity index (χ2n) is 7.49. The highest BCUT2D eigenvalue weighted by atomic mass is 32.2. The van der Waals surface area contributed by atoms with Gasteiger partial charge in [0.2, 0.25) is 10.0 Å². The van der Waals surface area contributed by atoms with E-state index in [4.69, 9.17) is 9.47 Å². The van der Waals surface area contributed by atoms with Crippen molar-refractivity contribution in [2.24, 2.45) is 5.92 Å².